The lowest BCUT2D eigenvalue weighted by Crippen LogP contribution is -2.19. The lowest BCUT2D eigenvalue weighted by Gasteiger charge is -2.10. The minimum Gasteiger partial charge on any atom is -0.495 e. The summed E-state index contributed by atoms with van der Waals surface area (Å²) in [4.78, 5) is 21.0. The third-order valence-electron chi connectivity index (χ3n) is 4.06. The molecule has 0 saturated heterocycles. The minimum absolute atomic E-state index is 0.380. The summed E-state index contributed by atoms with van der Waals surface area (Å²) in [6.07, 6.45) is 5.47. The van der Waals surface area contributed by atoms with Crippen molar-refractivity contribution in [2.45, 2.75) is 0 Å². The number of urea groups is 1. The Balaban J connectivity index is 1.50. The van der Waals surface area contributed by atoms with Crippen molar-refractivity contribution in [3.8, 4) is 17.0 Å². The number of hydrogen-bond donors (Lipinski definition) is 2. The van der Waals surface area contributed by atoms with E-state index in [1.54, 1.807) is 30.5 Å². The Morgan fingerprint density at radius 3 is 2.68 bits per heavy atom. The first-order chi connectivity index (χ1) is 13.6. The van der Waals surface area contributed by atoms with Gasteiger partial charge < -0.3 is 15.4 Å². The van der Waals surface area contributed by atoms with E-state index in [1.807, 2.05) is 41.1 Å². The number of imidazole rings is 1. The average Bonchev–Trinajstić information content (AvgIpc) is 3.12. The van der Waals surface area contributed by atoms with Gasteiger partial charge >= 0.3 is 6.03 Å². The number of ether oxygens (including phenoxy) is 1. The molecule has 0 fully saturated rings. The summed E-state index contributed by atoms with van der Waals surface area (Å²) >= 11 is 6.08. The van der Waals surface area contributed by atoms with Gasteiger partial charge in [0.25, 0.3) is 0 Å². The molecule has 4 aromatic rings. The summed E-state index contributed by atoms with van der Waals surface area (Å²) in [7, 11) is 1.53. The van der Waals surface area contributed by atoms with E-state index in [-0.39, 0.29) is 6.03 Å². The summed E-state index contributed by atoms with van der Waals surface area (Å²) < 4.78 is 6.95. The molecule has 28 heavy (non-hydrogen) atoms. The van der Waals surface area contributed by atoms with Crippen LogP contribution in [0.4, 0.5) is 16.2 Å². The third-order valence-corrected chi connectivity index (χ3v) is 4.36. The van der Waals surface area contributed by atoms with Gasteiger partial charge in [0.2, 0.25) is 5.78 Å². The Morgan fingerprint density at radius 1 is 1.11 bits per heavy atom. The fourth-order valence-electron chi connectivity index (χ4n) is 2.76. The van der Waals surface area contributed by atoms with Crippen LogP contribution in [0, 0.1) is 0 Å². The molecule has 0 aliphatic rings. The van der Waals surface area contributed by atoms with E-state index in [0.29, 0.717) is 27.9 Å². The highest BCUT2D eigenvalue weighted by atomic mass is 35.5. The molecular weight excluding hydrogens is 378 g/mol. The van der Waals surface area contributed by atoms with E-state index >= 15 is 0 Å². The first-order valence-corrected chi connectivity index (χ1v) is 8.82. The van der Waals surface area contributed by atoms with Crippen LogP contribution in [0.1, 0.15) is 0 Å². The fourth-order valence-corrected chi connectivity index (χ4v) is 3.02. The molecule has 4 rings (SSSR count). The number of anilines is 2. The number of nitrogens with zero attached hydrogens (tertiary/aromatic N) is 3. The monoisotopic (exact) mass is 393 g/mol. The number of carbonyl (C=O) groups excluding carboxylic acids is 1. The molecule has 2 aromatic heterocycles. The molecule has 8 heteroatoms. The van der Waals surface area contributed by atoms with Crippen molar-refractivity contribution in [1.29, 1.82) is 0 Å². The molecule has 140 valence electrons. The van der Waals surface area contributed by atoms with Crippen molar-refractivity contribution in [2.75, 3.05) is 17.7 Å². The zero-order valence-corrected chi connectivity index (χ0v) is 15.6. The van der Waals surface area contributed by atoms with Gasteiger partial charge in [0, 0.05) is 35.5 Å². The highest BCUT2D eigenvalue weighted by Crippen LogP contribution is 2.27. The topological polar surface area (TPSA) is 80.5 Å². The van der Waals surface area contributed by atoms with E-state index in [1.165, 1.54) is 7.11 Å². The Hall–Kier alpha value is -3.58. The molecule has 7 nitrogen and oxygen atoms in total. The molecular formula is C20H16ClN5O2. The van der Waals surface area contributed by atoms with Gasteiger partial charge in [-0.2, -0.15) is 0 Å². The SMILES string of the molecule is COc1ccc(NC(=O)Nc2cccc(-c3cn4cccnc4n3)c2)cc1Cl. The van der Waals surface area contributed by atoms with Crippen LogP contribution in [0.25, 0.3) is 17.0 Å². The number of nitrogens with one attached hydrogen (secondary N) is 2. The molecule has 2 aromatic carbocycles. The van der Waals surface area contributed by atoms with Gasteiger partial charge in [-0.1, -0.05) is 23.7 Å². The first kappa shape index (κ1) is 17.8. The van der Waals surface area contributed by atoms with Crippen LogP contribution in [0.2, 0.25) is 5.02 Å². The van der Waals surface area contributed by atoms with Crippen LogP contribution in [-0.2, 0) is 0 Å². The lowest BCUT2D eigenvalue weighted by molar-refractivity contribution is 0.262. The molecule has 0 saturated carbocycles. The Labute approximate surface area is 166 Å². The van der Waals surface area contributed by atoms with Gasteiger partial charge in [0.05, 0.1) is 17.8 Å². The Kier molecular flexibility index (Phi) is 4.82. The molecule has 2 N–H and O–H groups in total. The van der Waals surface area contributed by atoms with Crippen LogP contribution in [0.5, 0.6) is 5.75 Å². The van der Waals surface area contributed by atoms with Gasteiger partial charge in [0.15, 0.2) is 0 Å². The zero-order valence-electron chi connectivity index (χ0n) is 14.9. The van der Waals surface area contributed by atoms with Gasteiger partial charge in [-0.05, 0) is 36.4 Å². The van der Waals surface area contributed by atoms with Crippen molar-refractivity contribution < 1.29 is 9.53 Å². The van der Waals surface area contributed by atoms with Crippen molar-refractivity contribution in [3.05, 3.63) is 72.1 Å². The summed E-state index contributed by atoms with van der Waals surface area (Å²) in [5.74, 6) is 1.16. The van der Waals surface area contributed by atoms with Crippen molar-refractivity contribution in [1.82, 2.24) is 14.4 Å². The van der Waals surface area contributed by atoms with Crippen LogP contribution in [-0.4, -0.2) is 27.5 Å². The maximum absolute atomic E-state index is 12.3. The highest BCUT2D eigenvalue weighted by Gasteiger charge is 2.09. The number of carbonyl (C=O) groups is 1. The van der Waals surface area contributed by atoms with Crippen LogP contribution >= 0.6 is 11.6 Å². The number of fused-ring (bicyclic) bond motifs is 1. The molecule has 0 unspecified atom stereocenters. The number of methoxy groups -OCH3 is 1. The van der Waals surface area contributed by atoms with Gasteiger partial charge in [-0.15, -0.1) is 0 Å². The number of rotatable bonds is 4. The second-order valence-electron chi connectivity index (χ2n) is 5.96. The van der Waals surface area contributed by atoms with Gasteiger partial charge in [-0.25, -0.2) is 14.8 Å². The van der Waals surface area contributed by atoms with E-state index < -0.39 is 0 Å². The predicted molar refractivity (Wildman–Crippen MR) is 109 cm³/mol. The standard InChI is InChI=1S/C20H16ClN5O2/c1-28-18-7-6-15(11-16(18)21)24-20(27)23-14-5-2-4-13(10-14)17-12-26-9-3-8-22-19(26)25-17/h2-12H,1H3,(H2,23,24,27). The normalized spacial score (nSPS) is 10.6. The molecule has 0 spiro atoms. The third kappa shape index (κ3) is 3.74. The van der Waals surface area contributed by atoms with E-state index in [2.05, 4.69) is 20.6 Å². The van der Waals surface area contributed by atoms with Crippen molar-refractivity contribution >= 4 is 34.8 Å². The Morgan fingerprint density at radius 2 is 1.93 bits per heavy atom. The number of amides is 2. The van der Waals surface area contributed by atoms with E-state index in [0.717, 1.165) is 11.3 Å². The Bertz CT molecular complexity index is 1130. The maximum Gasteiger partial charge on any atom is 0.323 e. The summed E-state index contributed by atoms with van der Waals surface area (Å²) in [6, 6.07) is 13.9. The number of halogens is 1. The highest BCUT2D eigenvalue weighted by molar-refractivity contribution is 6.32. The second-order valence-corrected chi connectivity index (χ2v) is 6.37. The smallest absolute Gasteiger partial charge is 0.323 e. The fraction of sp³-hybridized carbons (Fsp3) is 0.0500. The molecule has 0 bridgehead atoms. The summed E-state index contributed by atoms with van der Waals surface area (Å²) in [6.45, 7) is 0. The molecule has 0 aliphatic heterocycles. The molecule has 0 aliphatic carbocycles. The van der Waals surface area contributed by atoms with Crippen LogP contribution in [0.3, 0.4) is 0 Å². The number of benzene rings is 2. The molecule has 2 heterocycles. The second kappa shape index (κ2) is 7.58. The van der Waals surface area contributed by atoms with Crippen molar-refractivity contribution in [2.24, 2.45) is 0 Å². The van der Waals surface area contributed by atoms with Crippen molar-refractivity contribution in [3.63, 3.8) is 0 Å². The molecule has 0 atom stereocenters. The zero-order chi connectivity index (χ0) is 19.5. The molecule has 0 radical (unpaired) electrons. The largest absolute Gasteiger partial charge is 0.495 e. The van der Waals surface area contributed by atoms with Gasteiger partial charge in [0.1, 0.15) is 5.75 Å². The molecule has 2 amide bonds. The van der Waals surface area contributed by atoms with Gasteiger partial charge in [-0.3, -0.25) is 4.40 Å². The lowest BCUT2D eigenvalue weighted by atomic mass is 10.1. The first-order valence-electron chi connectivity index (χ1n) is 8.44. The van der Waals surface area contributed by atoms with E-state index in [9.17, 15) is 4.79 Å². The van der Waals surface area contributed by atoms with E-state index in [4.69, 9.17) is 16.3 Å². The van der Waals surface area contributed by atoms with Crippen LogP contribution in [0.15, 0.2) is 67.1 Å². The quantitative estimate of drug-likeness (QED) is 0.526. The maximum atomic E-state index is 12.3. The predicted octanol–water partition coefficient (Wildman–Crippen LogP) is 4.70. The van der Waals surface area contributed by atoms with Crippen LogP contribution < -0.4 is 15.4 Å². The summed E-state index contributed by atoms with van der Waals surface area (Å²) in [5.41, 5.74) is 2.84. The number of aromatic nitrogens is 3. The average molecular weight is 394 g/mol. The minimum atomic E-state index is -0.380. The summed E-state index contributed by atoms with van der Waals surface area (Å²) in [5, 5.41) is 5.97. The number of hydrogen-bond acceptors (Lipinski definition) is 4.